The minimum Gasteiger partial charge on any atom is -0.326 e. The van der Waals surface area contributed by atoms with Gasteiger partial charge in [-0.05, 0) is 42.5 Å². The maximum atomic E-state index is 12.4. The molecule has 3 aromatic rings. The Morgan fingerprint density at radius 2 is 1.72 bits per heavy atom. The first-order chi connectivity index (χ1) is 12.0. The second-order valence-corrected chi connectivity index (χ2v) is 5.80. The van der Waals surface area contributed by atoms with Crippen molar-refractivity contribution in [2.75, 3.05) is 10.6 Å². The average molecular weight is 355 g/mol. The summed E-state index contributed by atoms with van der Waals surface area (Å²) in [6.07, 6.45) is 3.12. The van der Waals surface area contributed by atoms with Crippen LogP contribution in [0.25, 0.3) is 5.69 Å². The van der Waals surface area contributed by atoms with Crippen molar-refractivity contribution in [3.63, 3.8) is 0 Å². The maximum Gasteiger partial charge on any atom is 0.258 e. The van der Waals surface area contributed by atoms with Gasteiger partial charge in [0.05, 0.1) is 17.4 Å². The summed E-state index contributed by atoms with van der Waals surface area (Å²) in [6, 6.07) is 14.1. The van der Waals surface area contributed by atoms with Crippen LogP contribution in [0, 0.1) is 0 Å². The number of carbonyl (C=O) groups excluding carboxylic acids is 2. The van der Waals surface area contributed by atoms with Crippen molar-refractivity contribution in [3.05, 3.63) is 71.5 Å². The second-order valence-electron chi connectivity index (χ2n) is 5.37. The van der Waals surface area contributed by atoms with E-state index in [4.69, 9.17) is 11.6 Å². The highest BCUT2D eigenvalue weighted by Gasteiger charge is 2.10. The topological polar surface area (TPSA) is 76.0 Å². The number of hydrogen-bond donors (Lipinski definition) is 2. The Labute approximate surface area is 149 Å². The first-order valence-corrected chi connectivity index (χ1v) is 7.89. The Hall–Kier alpha value is -3.12. The van der Waals surface area contributed by atoms with Crippen LogP contribution in [0.3, 0.4) is 0 Å². The molecule has 25 heavy (non-hydrogen) atoms. The van der Waals surface area contributed by atoms with Gasteiger partial charge in [0.1, 0.15) is 0 Å². The molecule has 0 aliphatic rings. The Morgan fingerprint density at radius 3 is 2.40 bits per heavy atom. The van der Waals surface area contributed by atoms with Crippen LogP contribution in [0.5, 0.6) is 0 Å². The Morgan fingerprint density at radius 1 is 1.04 bits per heavy atom. The monoisotopic (exact) mass is 354 g/mol. The van der Waals surface area contributed by atoms with Crippen molar-refractivity contribution >= 4 is 34.8 Å². The summed E-state index contributed by atoms with van der Waals surface area (Å²) in [6.45, 7) is 1.43. The van der Waals surface area contributed by atoms with Gasteiger partial charge in [-0.2, -0.15) is 5.10 Å². The van der Waals surface area contributed by atoms with Gasteiger partial charge in [0, 0.05) is 29.5 Å². The zero-order valence-electron chi connectivity index (χ0n) is 13.4. The number of nitrogens with one attached hydrogen (secondary N) is 2. The lowest BCUT2D eigenvalue weighted by atomic mass is 10.2. The Balaban J connectivity index is 1.74. The quantitative estimate of drug-likeness (QED) is 0.749. The van der Waals surface area contributed by atoms with Gasteiger partial charge in [-0.3, -0.25) is 9.59 Å². The number of nitrogens with zero attached hydrogens (tertiary/aromatic N) is 2. The van der Waals surface area contributed by atoms with Gasteiger partial charge >= 0.3 is 0 Å². The van der Waals surface area contributed by atoms with E-state index >= 15 is 0 Å². The first kappa shape index (κ1) is 16.7. The molecule has 0 saturated carbocycles. The molecule has 0 saturated heterocycles. The van der Waals surface area contributed by atoms with E-state index in [0.717, 1.165) is 5.69 Å². The molecule has 0 aliphatic carbocycles. The number of carbonyl (C=O) groups is 2. The number of amides is 2. The molecule has 7 heteroatoms. The molecule has 0 fully saturated rings. The van der Waals surface area contributed by atoms with Gasteiger partial charge in [-0.1, -0.05) is 17.7 Å². The third-order valence-electron chi connectivity index (χ3n) is 3.38. The van der Waals surface area contributed by atoms with E-state index in [1.807, 2.05) is 12.1 Å². The van der Waals surface area contributed by atoms with Crippen LogP contribution < -0.4 is 10.6 Å². The van der Waals surface area contributed by atoms with Crippen LogP contribution in [0.15, 0.2) is 60.9 Å². The Bertz CT molecular complexity index is 919. The van der Waals surface area contributed by atoms with Crippen LogP contribution in [0.2, 0.25) is 5.02 Å². The van der Waals surface area contributed by atoms with Crippen LogP contribution in [0.4, 0.5) is 11.4 Å². The van der Waals surface area contributed by atoms with Crippen molar-refractivity contribution in [1.82, 2.24) is 9.78 Å². The van der Waals surface area contributed by atoms with Gasteiger partial charge in [0.25, 0.3) is 5.91 Å². The number of rotatable bonds is 4. The minimum absolute atomic E-state index is 0.173. The molecule has 0 bridgehead atoms. The van der Waals surface area contributed by atoms with Crippen LogP contribution in [0.1, 0.15) is 17.3 Å². The molecule has 126 valence electrons. The summed E-state index contributed by atoms with van der Waals surface area (Å²) in [4.78, 5) is 23.5. The molecule has 2 N–H and O–H groups in total. The van der Waals surface area contributed by atoms with E-state index < -0.39 is 0 Å². The summed E-state index contributed by atoms with van der Waals surface area (Å²) in [7, 11) is 0. The minimum atomic E-state index is -0.291. The number of benzene rings is 2. The fourth-order valence-corrected chi connectivity index (χ4v) is 2.38. The highest BCUT2D eigenvalue weighted by Crippen LogP contribution is 2.17. The summed E-state index contributed by atoms with van der Waals surface area (Å²) in [5, 5.41) is 10.3. The molecule has 0 atom stereocenters. The summed E-state index contributed by atoms with van der Waals surface area (Å²) >= 11 is 5.87. The molecule has 2 aromatic carbocycles. The van der Waals surface area contributed by atoms with Crippen molar-refractivity contribution in [2.24, 2.45) is 0 Å². The molecule has 0 radical (unpaired) electrons. The van der Waals surface area contributed by atoms with E-state index in [2.05, 4.69) is 15.7 Å². The number of aromatic nitrogens is 2. The highest BCUT2D eigenvalue weighted by molar-refractivity contribution is 6.30. The van der Waals surface area contributed by atoms with Gasteiger partial charge in [0.15, 0.2) is 0 Å². The van der Waals surface area contributed by atoms with Crippen LogP contribution in [-0.2, 0) is 4.79 Å². The lowest BCUT2D eigenvalue weighted by Crippen LogP contribution is -2.12. The molecule has 1 aromatic heterocycles. The van der Waals surface area contributed by atoms with Gasteiger partial charge in [0.2, 0.25) is 5.91 Å². The van der Waals surface area contributed by atoms with E-state index in [9.17, 15) is 9.59 Å². The number of halogens is 1. The van der Waals surface area contributed by atoms with E-state index in [1.165, 1.54) is 13.1 Å². The summed E-state index contributed by atoms with van der Waals surface area (Å²) in [5.74, 6) is -0.465. The third kappa shape index (κ3) is 4.24. The van der Waals surface area contributed by atoms with E-state index in [1.54, 1.807) is 47.3 Å². The summed E-state index contributed by atoms with van der Waals surface area (Å²) < 4.78 is 1.60. The molecule has 0 unspecified atom stereocenters. The second kappa shape index (κ2) is 7.19. The van der Waals surface area contributed by atoms with Crippen molar-refractivity contribution < 1.29 is 9.59 Å². The molecule has 2 amide bonds. The van der Waals surface area contributed by atoms with Gasteiger partial charge in [-0.25, -0.2) is 4.68 Å². The zero-order valence-corrected chi connectivity index (χ0v) is 14.1. The standard InChI is InChI=1S/C18H15ClN4O2/c1-12(24)21-15-3-2-4-16(9-15)22-18(25)13-10-20-23(11-13)17-7-5-14(19)6-8-17/h2-11H,1H3,(H,21,24)(H,22,25). The number of hydrogen-bond acceptors (Lipinski definition) is 3. The molecular formula is C18H15ClN4O2. The normalized spacial score (nSPS) is 10.3. The van der Waals surface area contributed by atoms with Crippen molar-refractivity contribution in [3.8, 4) is 5.69 Å². The molecule has 1 heterocycles. The average Bonchev–Trinajstić information content (AvgIpc) is 3.05. The molecule has 0 spiro atoms. The molecule has 0 aliphatic heterocycles. The molecular weight excluding hydrogens is 340 g/mol. The maximum absolute atomic E-state index is 12.4. The lowest BCUT2D eigenvalue weighted by molar-refractivity contribution is -0.114. The van der Waals surface area contributed by atoms with E-state index in [0.29, 0.717) is 22.0 Å². The van der Waals surface area contributed by atoms with Gasteiger partial charge in [-0.15, -0.1) is 0 Å². The third-order valence-corrected chi connectivity index (χ3v) is 3.63. The zero-order chi connectivity index (χ0) is 17.8. The fourth-order valence-electron chi connectivity index (χ4n) is 2.26. The fraction of sp³-hybridized carbons (Fsp3) is 0.0556. The van der Waals surface area contributed by atoms with Crippen LogP contribution >= 0.6 is 11.6 Å². The lowest BCUT2D eigenvalue weighted by Gasteiger charge is -2.07. The van der Waals surface area contributed by atoms with E-state index in [-0.39, 0.29) is 11.8 Å². The largest absolute Gasteiger partial charge is 0.326 e. The Kier molecular flexibility index (Phi) is 4.81. The predicted molar refractivity (Wildman–Crippen MR) is 97.3 cm³/mol. The smallest absolute Gasteiger partial charge is 0.258 e. The SMILES string of the molecule is CC(=O)Nc1cccc(NC(=O)c2cnn(-c3ccc(Cl)cc3)c2)c1. The molecule has 3 rings (SSSR count). The van der Waals surface area contributed by atoms with Crippen molar-refractivity contribution in [1.29, 1.82) is 0 Å². The number of anilines is 2. The van der Waals surface area contributed by atoms with Gasteiger partial charge < -0.3 is 10.6 Å². The summed E-state index contributed by atoms with van der Waals surface area (Å²) in [5.41, 5.74) is 2.41. The van der Waals surface area contributed by atoms with Crippen LogP contribution in [-0.4, -0.2) is 21.6 Å². The highest BCUT2D eigenvalue weighted by atomic mass is 35.5. The first-order valence-electron chi connectivity index (χ1n) is 7.51. The van der Waals surface area contributed by atoms with Crippen molar-refractivity contribution in [2.45, 2.75) is 6.92 Å². The molecule has 6 nitrogen and oxygen atoms in total. The predicted octanol–water partition coefficient (Wildman–Crippen LogP) is 3.74.